The Hall–Kier alpha value is -1.45. The van der Waals surface area contributed by atoms with E-state index in [0.29, 0.717) is 12.5 Å². The van der Waals surface area contributed by atoms with Gasteiger partial charge in [-0.1, -0.05) is 18.2 Å². The minimum Gasteiger partial charge on any atom is -0.396 e. The molecule has 0 radical (unpaired) electrons. The van der Waals surface area contributed by atoms with Gasteiger partial charge in [-0.25, -0.2) is 0 Å². The molecule has 1 aliphatic heterocycles. The number of piperidine rings is 1. The third kappa shape index (κ3) is 2.77. The summed E-state index contributed by atoms with van der Waals surface area (Å²) in [5.74, 6) is 0.446. The largest absolute Gasteiger partial charge is 0.396 e. The van der Waals surface area contributed by atoms with Gasteiger partial charge in [-0.3, -0.25) is 9.88 Å². The highest BCUT2D eigenvalue weighted by molar-refractivity contribution is 5.81. The average Bonchev–Trinajstić information content (AvgIpc) is 2.48. The molecule has 2 heterocycles. The predicted octanol–water partition coefficient (Wildman–Crippen LogP) is 2.44. The molecule has 19 heavy (non-hydrogen) atoms. The Labute approximate surface area is 113 Å². The summed E-state index contributed by atoms with van der Waals surface area (Å²) in [7, 11) is 0. The number of likely N-dealkylation sites (tertiary alicyclic amines) is 1. The van der Waals surface area contributed by atoms with Crippen molar-refractivity contribution in [3.63, 3.8) is 0 Å². The molecule has 0 spiro atoms. The Morgan fingerprint density at radius 1 is 1.26 bits per heavy atom. The number of aliphatic hydroxyl groups is 1. The third-order valence-corrected chi connectivity index (χ3v) is 3.99. The average molecular weight is 256 g/mol. The summed E-state index contributed by atoms with van der Waals surface area (Å²) in [5.41, 5.74) is 2.40. The summed E-state index contributed by atoms with van der Waals surface area (Å²) < 4.78 is 0. The van der Waals surface area contributed by atoms with Gasteiger partial charge in [0.15, 0.2) is 0 Å². The molecule has 1 N–H and O–H groups in total. The molecule has 0 saturated carbocycles. The van der Waals surface area contributed by atoms with E-state index in [-0.39, 0.29) is 0 Å². The van der Waals surface area contributed by atoms with Gasteiger partial charge in [0.1, 0.15) is 0 Å². The van der Waals surface area contributed by atoms with Crippen molar-refractivity contribution in [3.05, 3.63) is 42.1 Å². The predicted molar refractivity (Wildman–Crippen MR) is 76.8 cm³/mol. The van der Waals surface area contributed by atoms with Crippen molar-refractivity contribution in [1.82, 2.24) is 9.88 Å². The fraction of sp³-hybridized carbons (Fsp3) is 0.438. The fourth-order valence-corrected chi connectivity index (χ4v) is 2.98. The molecule has 1 aromatic carbocycles. The van der Waals surface area contributed by atoms with Crippen LogP contribution in [0.25, 0.3) is 10.9 Å². The highest BCUT2D eigenvalue weighted by atomic mass is 16.3. The number of pyridine rings is 1. The summed E-state index contributed by atoms with van der Waals surface area (Å²) in [6.07, 6.45) is 4.24. The van der Waals surface area contributed by atoms with E-state index < -0.39 is 0 Å². The smallest absolute Gasteiger partial charge is 0.0705 e. The van der Waals surface area contributed by atoms with Crippen LogP contribution in [0, 0.1) is 5.92 Å². The second kappa shape index (κ2) is 5.68. The van der Waals surface area contributed by atoms with E-state index in [1.165, 1.54) is 17.4 Å². The van der Waals surface area contributed by atoms with E-state index in [0.717, 1.165) is 31.6 Å². The Kier molecular flexibility index (Phi) is 3.76. The first kappa shape index (κ1) is 12.6. The summed E-state index contributed by atoms with van der Waals surface area (Å²) in [6.45, 7) is 3.41. The topological polar surface area (TPSA) is 36.4 Å². The molecule has 1 aliphatic rings. The molecule has 3 nitrogen and oxygen atoms in total. The van der Waals surface area contributed by atoms with Crippen LogP contribution in [0.4, 0.5) is 0 Å². The molecule has 1 unspecified atom stereocenters. The van der Waals surface area contributed by atoms with Gasteiger partial charge in [0.05, 0.1) is 5.52 Å². The lowest BCUT2D eigenvalue weighted by Gasteiger charge is -2.32. The quantitative estimate of drug-likeness (QED) is 0.916. The highest BCUT2D eigenvalue weighted by Gasteiger charge is 2.19. The van der Waals surface area contributed by atoms with Gasteiger partial charge in [-0.05, 0) is 43.0 Å². The fourth-order valence-electron chi connectivity index (χ4n) is 2.98. The maximum Gasteiger partial charge on any atom is 0.0705 e. The van der Waals surface area contributed by atoms with Crippen LogP contribution in [-0.4, -0.2) is 34.7 Å². The normalized spacial score (nSPS) is 20.8. The minimum absolute atomic E-state index is 0.313. The van der Waals surface area contributed by atoms with Crippen molar-refractivity contribution in [3.8, 4) is 0 Å². The summed E-state index contributed by atoms with van der Waals surface area (Å²) in [6, 6.07) is 10.4. The standard InChI is InChI=1S/C16H20N2O/c19-12-13-4-3-9-18(10-13)11-14-7-8-17-16-6-2-1-5-15(14)16/h1-2,5-8,13,19H,3-4,9-12H2. The second-order valence-electron chi connectivity index (χ2n) is 5.41. The number of fused-ring (bicyclic) bond motifs is 1. The number of nitrogens with zero attached hydrogens (tertiary/aromatic N) is 2. The highest BCUT2D eigenvalue weighted by Crippen LogP contribution is 2.21. The molecule has 100 valence electrons. The molecule has 2 aromatic rings. The number of aromatic nitrogens is 1. The third-order valence-electron chi connectivity index (χ3n) is 3.99. The molecule has 0 bridgehead atoms. The molecule has 3 heteroatoms. The lowest BCUT2D eigenvalue weighted by atomic mass is 9.98. The van der Waals surface area contributed by atoms with Crippen LogP contribution in [0.5, 0.6) is 0 Å². The molecule has 1 fully saturated rings. The maximum atomic E-state index is 9.31. The van der Waals surface area contributed by atoms with Gasteiger partial charge < -0.3 is 5.11 Å². The molecule has 1 atom stereocenters. The SMILES string of the molecule is OCC1CCCN(Cc2ccnc3ccccc23)C1. The van der Waals surface area contributed by atoms with Crippen LogP contribution in [0.3, 0.4) is 0 Å². The van der Waals surface area contributed by atoms with Crippen LogP contribution >= 0.6 is 0 Å². The number of benzene rings is 1. The van der Waals surface area contributed by atoms with E-state index in [1.807, 2.05) is 12.3 Å². The van der Waals surface area contributed by atoms with Gasteiger partial charge in [-0.2, -0.15) is 0 Å². The maximum absolute atomic E-state index is 9.31. The van der Waals surface area contributed by atoms with Crippen molar-refractivity contribution in [2.75, 3.05) is 19.7 Å². The van der Waals surface area contributed by atoms with Crippen LogP contribution in [0.2, 0.25) is 0 Å². The number of aliphatic hydroxyl groups excluding tert-OH is 1. The van der Waals surface area contributed by atoms with Gasteiger partial charge in [0.2, 0.25) is 0 Å². The second-order valence-corrected chi connectivity index (χ2v) is 5.41. The lowest BCUT2D eigenvalue weighted by Crippen LogP contribution is -2.36. The first-order chi connectivity index (χ1) is 9.36. The van der Waals surface area contributed by atoms with E-state index >= 15 is 0 Å². The molecule has 1 saturated heterocycles. The zero-order valence-corrected chi connectivity index (χ0v) is 11.1. The zero-order chi connectivity index (χ0) is 13.1. The van der Waals surface area contributed by atoms with Crippen molar-refractivity contribution >= 4 is 10.9 Å². The Bertz CT molecular complexity index is 550. The van der Waals surface area contributed by atoms with Crippen molar-refractivity contribution in [2.45, 2.75) is 19.4 Å². The van der Waals surface area contributed by atoms with Crippen molar-refractivity contribution in [2.24, 2.45) is 5.92 Å². The molecular formula is C16H20N2O. The van der Waals surface area contributed by atoms with Crippen LogP contribution in [-0.2, 0) is 6.54 Å². The van der Waals surface area contributed by atoms with E-state index in [2.05, 4.69) is 34.1 Å². The van der Waals surface area contributed by atoms with Gasteiger partial charge in [0.25, 0.3) is 0 Å². The number of hydrogen-bond donors (Lipinski definition) is 1. The summed E-state index contributed by atoms with van der Waals surface area (Å²) in [4.78, 5) is 6.86. The molecule has 3 rings (SSSR count). The lowest BCUT2D eigenvalue weighted by molar-refractivity contribution is 0.116. The number of hydrogen-bond acceptors (Lipinski definition) is 3. The Morgan fingerprint density at radius 2 is 2.16 bits per heavy atom. The Balaban J connectivity index is 1.81. The van der Waals surface area contributed by atoms with Crippen molar-refractivity contribution < 1.29 is 5.11 Å². The van der Waals surface area contributed by atoms with Gasteiger partial charge in [0, 0.05) is 31.3 Å². The van der Waals surface area contributed by atoms with Crippen LogP contribution in [0.1, 0.15) is 18.4 Å². The van der Waals surface area contributed by atoms with Crippen LogP contribution in [0.15, 0.2) is 36.5 Å². The van der Waals surface area contributed by atoms with E-state index in [1.54, 1.807) is 0 Å². The first-order valence-corrected chi connectivity index (χ1v) is 7.02. The molecule has 1 aromatic heterocycles. The van der Waals surface area contributed by atoms with Crippen LogP contribution < -0.4 is 0 Å². The number of rotatable bonds is 3. The monoisotopic (exact) mass is 256 g/mol. The number of para-hydroxylation sites is 1. The summed E-state index contributed by atoms with van der Waals surface area (Å²) in [5, 5.41) is 10.6. The zero-order valence-electron chi connectivity index (χ0n) is 11.1. The van der Waals surface area contributed by atoms with Gasteiger partial charge in [-0.15, -0.1) is 0 Å². The first-order valence-electron chi connectivity index (χ1n) is 7.02. The molecule has 0 amide bonds. The van der Waals surface area contributed by atoms with Crippen molar-refractivity contribution in [1.29, 1.82) is 0 Å². The minimum atomic E-state index is 0.313. The van der Waals surface area contributed by atoms with E-state index in [9.17, 15) is 5.11 Å². The van der Waals surface area contributed by atoms with E-state index in [4.69, 9.17) is 0 Å². The molecule has 0 aliphatic carbocycles. The summed E-state index contributed by atoms with van der Waals surface area (Å²) >= 11 is 0. The molecular weight excluding hydrogens is 236 g/mol. The Morgan fingerprint density at radius 3 is 3.05 bits per heavy atom. The van der Waals surface area contributed by atoms with Gasteiger partial charge >= 0.3 is 0 Å².